The summed E-state index contributed by atoms with van der Waals surface area (Å²) in [6.45, 7) is 4.46. The van der Waals surface area contributed by atoms with E-state index in [4.69, 9.17) is 4.74 Å². The summed E-state index contributed by atoms with van der Waals surface area (Å²) in [6, 6.07) is 39.9. The van der Waals surface area contributed by atoms with E-state index in [2.05, 4.69) is 123 Å². The Balaban J connectivity index is 0.00000289. The summed E-state index contributed by atoms with van der Waals surface area (Å²) in [5, 5.41) is 4.23. The van der Waals surface area contributed by atoms with Crippen molar-refractivity contribution in [1.29, 1.82) is 0 Å². The highest BCUT2D eigenvalue weighted by Gasteiger charge is 2.45. The Morgan fingerprint density at radius 1 is 0.656 bits per heavy atom. The largest absolute Gasteiger partial charge is 1.00 e. The van der Waals surface area contributed by atoms with Crippen LogP contribution in [-0.2, 0) is 6.16 Å². The number of rotatable bonds is 7. The predicted octanol–water partition coefficient (Wildman–Crippen LogP) is 3.32. The predicted molar refractivity (Wildman–Crippen MR) is 136 cm³/mol. The van der Waals surface area contributed by atoms with Crippen LogP contribution in [0.5, 0.6) is 5.75 Å². The van der Waals surface area contributed by atoms with E-state index in [1.54, 1.807) is 7.11 Å². The van der Waals surface area contributed by atoms with Gasteiger partial charge in [0.1, 0.15) is 28.9 Å². The molecule has 0 spiro atoms. The summed E-state index contributed by atoms with van der Waals surface area (Å²) in [7, 11) is -0.130. The van der Waals surface area contributed by atoms with Crippen molar-refractivity contribution in [3.63, 3.8) is 0 Å². The first-order chi connectivity index (χ1) is 15.1. The Labute approximate surface area is 199 Å². The van der Waals surface area contributed by atoms with E-state index in [1.165, 1.54) is 27.0 Å². The molecule has 0 aliphatic heterocycles. The normalized spacial score (nSPS) is 11.1. The maximum Gasteiger partial charge on any atom is 0.122 e. The molecule has 0 aromatic heterocycles. The van der Waals surface area contributed by atoms with Gasteiger partial charge in [0.15, 0.2) is 0 Å². The van der Waals surface area contributed by atoms with Gasteiger partial charge in [-0.05, 0) is 65.6 Å². The van der Waals surface area contributed by atoms with E-state index in [9.17, 15) is 0 Å². The van der Waals surface area contributed by atoms with Crippen molar-refractivity contribution in [1.82, 2.24) is 0 Å². The van der Waals surface area contributed by atoms with E-state index >= 15 is 0 Å². The van der Waals surface area contributed by atoms with Crippen molar-refractivity contribution < 1.29 is 17.1 Å². The van der Waals surface area contributed by atoms with Crippen molar-refractivity contribution in [2.24, 2.45) is 0 Å². The average Bonchev–Trinajstić information content (AvgIpc) is 2.84. The molecule has 0 saturated carbocycles. The summed E-state index contributed by atoms with van der Waals surface area (Å²) in [5.74, 6) is 1.38. The minimum atomic E-state index is -1.89. The van der Waals surface area contributed by atoms with Gasteiger partial charge in [-0.3, -0.25) is 0 Å². The van der Waals surface area contributed by atoms with Gasteiger partial charge in [-0.25, -0.2) is 0 Å². The van der Waals surface area contributed by atoms with Crippen LogP contribution in [0.4, 0.5) is 0 Å². The van der Waals surface area contributed by atoms with Crippen molar-refractivity contribution >= 4 is 23.2 Å². The molecule has 0 atom stereocenters. The van der Waals surface area contributed by atoms with Gasteiger partial charge in [0.05, 0.1) is 13.3 Å². The zero-order valence-corrected chi connectivity index (χ0v) is 20.6. The van der Waals surface area contributed by atoms with Gasteiger partial charge in [0.25, 0.3) is 0 Å². The smallest absolute Gasteiger partial charge is 0.122 e. The van der Waals surface area contributed by atoms with Crippen LogP contribution in [0, 0.1) is 0 Å². The first-order valence-electron chi connectivity index (χ1n) is 10.9. The Morgan fingerprint density at radius 3 is 1.47 bits per heavy atom. The van der Waals surface area contributed by atoms with E-state index in [0.29, 0.717) is 5.92 Å². The number of hydrogen-bond acceptors (Lipinski definition) is 1. The van der Waals surface area contributed by atoms with Crippen LogP contribution in [-0.4, -0.2) is 7.11 Å². The fourth-order valence-electron chi connectivity index (χ4n) is 4.38. The standard InChI is InChI=1S/C29H30OP.ClH/c1-23(2)28-21-24(19-20-29(28)30-3)22-31(25-13-7-4-8-14-25,26-15-9-5-10-16-26)27-17-11-6-12-18-27;/h4-21,23H,22H2,1-3H3;1H/q+1;/p-1. The van der Waals surface area contributed by atoms with Crippen LogP contribution >= 0.6 is 7.26 Å². The highest BCUT2D eigenvalue weighted by atomic mass is 35.5. The number of hydrogen-bond donors (Lipinski definition) is 0. The highest BCUT2D eigenvalue weighted by Crippen LogP contribution is 2.58. The quantitative estimate of drug-likeness (QED) is 0.384. The lowest BCUT2D eigenvalue weighted by Gasteiger charge is -2.28. The molecular formula is C29H30ClOP. The van der Waals surface area contributed by atoms with Crippen molar-refractivity contribution in [3.05, 3.63) is 120 Å². The van der Waals surface area contributed by atoms with Crippen LogP contribution in [0.25, 0.3) is 0 Å². The molecule has 0 saturated heterocycles. The van der Waals surface area contributed by atoms with Crippen LogP contribution in [0.15, 0.2) is 109 Å². The molecule has 4 aromatic rings. The molecule has 0 N–H and O–H groups in total. The Bertz CT molecular complexity index is 1020. The van der Waals surface area contributed by atoms with Crippen LogP contribution in [0.3, 0.4) is 0 Å². The maximum absolute atomic E-state index is 5.65. The summed E-state index contributed by atoms with van der Waals surface area (Å²) in [4.78, 5) is 0. The number of benzene rings is 4. The number of methoxy groups -OCH3 is 1. The third-order valence-corrected chi connectivity index (χ3v) is 10.3. The molecule has 0 unspecified atom stereocenters. The van der Waals surface area contributed by atoms with Gasteiger partial charge in [0, 0.05) is 0 Å². The highest BCUT2D eigenvalue weighted by molar-refractivity contribution is 7.95. The molecule has 0 aliphatic rings. The lowest BCUT2D eigenvalue weighted by Crippen LogP contribution is -3.00. The average molecular weight is 461 g/mol. The molecule has 164 valence electrons. The molecule has 3 heteroatoms. The summed E-state index contributed by atoms with van der Waals surface area (Å²) >= 11 is 0. The second kappa shape index (κ2) is 10.8. The van der Waals surface area contributed by atoms with E-state index in [-0.39, 0.29) is 12.4 Å². The zero-order chi connectivity index (χ0) is 21.7. The second-order valence-electron chi connectivity index (χ2n) is 8.21. The molecule has 4 rings (SSSR count). The SMILES string of the molecule is COc1ccc(C[P+](c2ccccc2)(c2ccccc2)c2ccccc2)cc1C(C)C.[Cl-]. The number of ether oxygens (including phenoxy) is 1. The molecule has 4 aromatic carbocycles. The van der Waals surface area contributed by atoms with E-state index < -0.39 is 7.26 Å². The molecule has 0 heterocycles. The molecule has 0 aliphatic carbocycles. The minimum absolute atomic E-state index is 0. The molecule has 32 heavy (non-hydrogen) atoms. The van der Waals surface area contributed by atoms with E-state index in [1.807, 2.05) is 0 Å². The molecule has 0 fully saturated rings. The van der Waals surface area contributed by atoms with Gasteiger partial charge in [-0.15, -0.1) is 0 Å². The fraction of sp³-hybridized carbons (Fsp3) is 0.172. The van der Waals surface area contributed by atoms with E-state index in [0.717, 1.165) is 11.9 Å². The lowest BCUT2D eigenvalue weighted by atomic mass is 10.00. The Kier molecular flexibility index (Phi) is 8.13. The second-order valence-corrected chi connectivity index (χ2v) is 11.7. The molecule has 0 bridgehead atoms. The summed E-state index contributed by atoms with van der Waals surface area (Å²) in [6.07, 6.45) is 0.981. The minimum Gasteiger partial charge on any atom is -1.00 e. The third kappa shape index (κ3) is 4.75. The van der Waals surface area contributed by atoms with Crippen LogP contribution in [0.2, 0.25) is 0 Å². The lowest BCUT2D eigenvalue weighted by molar-refractivity contribution is -0.00000655. The molecule has 0 amide bonds. The maximum atomic E-state index is 5.65. The monoisotopic (exact) mass is 460 g/mol. The van der Waals surface area contributed by atoms with Gasteiger partial charge in [-0.2, -0.15) is 0 Å². The Hall–Kier alpha value is -2.60. The van der Waals surface area contributed by atoms with Gasteiger partial charge >= 0.3 is 0 Å². The molecule has 1 nitrogen and oxygen atoms in total. The van der Waals surface area contributed by atoms with Gasteiger partial charge in [-0.1, -0.05) is 74.5 Å². The Morgan fingerprint density at radius 2 is 1.09 bits per heavy atom. The first-order valence-corrected chi connectivity index (χ1v) is 12.8. The van der Waals surface area contributed by atoms with Crippen molar-refractivity contribution in [2.75, 3.05) is 7.11 Å². The van der Waals surface area contributed by atoms with Crippen LogP contribution < -0.4 is 33.1 Å². The van der Waals surface area contributed by atoms with Crippen molar-refractivity contribution in [3.8, 4) is 5.75 Å². The number of halogens is 1. The molecular weight excluding hydrogens is 431 g/mol. The van der Waals surface area contributed by atoms with Crippen molar-refractivity contribution in [2.45, 2.75) is 25.9 Å². The van der Waals surface area contributed by atoms with Gasteiger partial charge in [0.2, 0.25) is 0 Å². The third-order valence-electron chi connectivity index (χ3n) is 5.93. The summed E-state index contributed by atoms with van der Waals surface area (Å²) in [5.41, 5.74) is 2.63. The summed E-state index contributed by atoms with van der Waals surface area (Å²) < 4.78 is 5.65. The fourth-order valence-corrected chi connectivity index (χ4v) is 8.61. The first kappa shape index (κ1) is 24.1. The zero-order valence-electron chi connectivity index (χ0n) is 18.9. The van der Waals surface area contributed by atoms with Crippen LogP contribution in [0.1, 0.15) is 30.9 Å². The van der Waals surface area contributed by atoms with Gasteiger partial charge < -0.3 is 17.1 Å². The topological polar surface area (TPSA) is 9.23 Å². The molecule has 0 radical (unpaired) electrons.